The van der Waals surface area contributed by atoms with Crippen molar-refractivity contribution in [1.29, 1.82) is 0 Å². The van der Waals surface area contributed by atoms with E-state index in [-0.39, 0.29) is 17.4 Å². The number of aromatic nitrogens is 2. The van der Waals surface area contributed by atoms with Crippen LogP contribution < -0.4 is 0 Å². The number of piperidine rings is 1. The molecule has 0 saturated carbocycles. The summed E-state index contributed by atoms with van der Waals surface area (Å²) in [4.78, 5) is 23.1. The van der Waals surface area contributed by atoms with Crippen molar-refractivity contribution in [2.75, 3.05) is 13.1 Å². The molecule has 5 nitrogen and oxygen atoms in total. The maximum absolute atomic E-state index is 12.8. The van der Waals surface area contributed by atoms with Crippen molar-refractivity contribution in [2.45, 2.75) is 37.7 Å². The van der Waals surface area contributed by atoms with E-state index >= 15 is 0 Å². The highest BCUT2D eigenvalue weighted by Crippen LogP contribution is 2.46. The lowest BCUT2D eigenvalue weighted by molar-refractivity contribution is 0.0732. The second-order valence-electron chi connectivity index (χ2n) is 8.91. The van der Waals surface area contributed by atoms with Crippen molar-refractivity contribution < 1.29 is 9.53 Å². The summed E-state index contributed by atoms with van der Waals surface area (Å²) in [5.74, 6) is 1.18. The number of para-hydroxylation sites is 2. The van der Waals surface area contributed by atoms with E-state index in [1.807, 2.05) is 53.4 Å². The number of fused-ring (bicyclic) bond motifs is 1. The first-order valence-corrected chi connectivity index (χ1v) is 11.6. The zero-order valence-corrected chi connectivity index (χ0v) is 18.9. The van der Waals surface area contributed by atoms with Gasteiger partial charge < -0.3 is 14.6 Å². The van der Waals surface area contributed by atoms with Crippen LogP contribution in [0, 0.1) is 0 Å². The Morgan fingerprint density at radius 1 is 0.970 bits per heavy atom. The minimum absolute atomic E-state index is 0.106. The van der Waals surface area contributed by atoms with Crippen LogP contribution in [0.15, 0.2) is 84.9 Å². The van der Waals surface area contributed by atoms with Crippen LogP contribution in [0.1, 0.15) is 42.6 Å². The SMILES string of the molecule is CC(c1nc2ccccc2[nH]1)C1(c2ccccc2)CCN(C(=O)OCc2ccccc2)CC1. The van der Waals surface area contributed by atoms with Crippen LogP contribution in [0.4, 0.5) is 4.79 Å². The van der Waals surface area contributed by atoms with Gasteiger partial charge in [0.15, 0.2) is 0 Å². The molecule has 1 aromatic heterocycles. The fraction of sp³-hybridized carbons (Fsp3) is 0.286. The predicted octanol–water partition coefficient (Wildman–Crippen LogP) is 6.04. The van der Waals surface area contributed by atoms with Crippen LogP contribution in [0.2, 0.25) is 0 Å². The Hall–Kier alpha value is -3.60. The molecule has 1 fully saturated rings. The van der Waals surface area contributed by atoms with Crippen LogP contribution in [-0.4, -0.2) is 34.1 Å². The monoisotopic (exact) mass is 439 g/mol. The third-order valence-electron chi connectivity index (χ3n) is 7.11. The number of imidazole rings is 1. The van der Waals surface area contributed by atoms with Gasteiger partial charge in [0.05, 0.1) is 11.0 Å². The Balaban J connectivity index is 1.35. The van der Waals surface area contributed by atoms with E-state index in [9.17, 15) is 4.79 Å². The van der Waals surface area contributed by atoms with Crippen LogP contribution in [-0.2, 0) is 16.8 Å². The molecule has 1 saturated heterocycles. The fourth-order valence-corrected chi connectivity index (χ4v) is 5.08. The Morgan fingerprint density at radius 2 is 1.61 bits per heavy atom. The molecular formula is C28H29N3O2. The first-order valence-electron chi connectivity index (χ1n) is 11.6. The van der Waals surface area contributed by atoms with Gasteiger partial charge in [-0.05, 0) is 36.1 Å². The molecule has 168 valence electrons. The summed E-state index contributed by atoms with van der Waals surface area (Å²) in [7, 11) is 0. The molecule has 0 aliphatic carbocycles. The van der Waals surface area contributed by atoms with Gasteiger partial charge in [0.2, 0.25) is 0 Å². The highest BCUT2D eigenvalue weighted by molar-refractivity contribution is 5.75. The van der Waals surface area contributed by atoms with E-state index < -0.39 is 0 Å². The Morgan fingerprint density at radius 3 is 2.30 bits per heavy atom. The zero-order chi connectivity index (χ0) is 22.7. The topological polar surface area (TPSA) is 58.2 Å². The normalized spacial score (nSPS) is 16.5. The molecule has 4 aromatic rings. The minimum atomic E-state index is -0.239. The maximum atomic E-state index is 12.8. The number of benzene rings is 3. The lowest BCUT2D eigenvalue weighted by Gasteiger charge is -2.45. The van der Waals surface area contributed by atoms with Crippen molar-refractivity contribution in [2.24, 2.45) is 0 Å². The van der Waals surface area contributed by atoms with E-state index in [1.54, 1.807) is 0 Å². The first kappa shape index (κ1) is 21.3. The molecule has 0 bridgehead atoms. The van der Waals surface area contributed by atoms with E-state index in [2.05, 4.69) is 48.3 Å². The average molecular weight is 440 g/mol. The van der Waals surface area contributed by atoms with Crippen LogP contribution in [0.5, 0.6) is 0 Å². The first-order chi connectivity index (χ1) is 16.2. The lowest BCUT2D eigenvalue weighted by Crippen LogP contribution is -2.47. The number of amides is 1. The highest BCUT2D eigenvalue weighted by Gasteiger charge is 2.43. The van der Waals surface area contributed by atoms with Crippen molar-refractivity contribution >= 4 is 17.1 Å². The Kier molecular flexibility index (Phi) is 5.86. The summed E-state index contributed by atoms with van der Waals surface area (Å²) >= 11 is 0. The molecule has 33 heavy (non-hydrogen) atoms. The van der Waals surface area contributed by atoms with Crippen LogP contribution >= 0.6 is 0 Å². The average Bonchev–Trinajstić information content (AvgIpc) is 3.32. The van der Waals surface area contributed by atoms with Gasteiger partial charge in [-0.15, -0.1) is 0 Å². The number of hydrogen-bond donors (Lipinski definition) is 1. The molecule has 1 N–H and O–H groups in total. The number of nitrogens with one attached hydrogen (secondary N) is 1. The Labute approximate surface area is 194 Å². The summed E-state index contributed by atoms with van der Waals surface area (Å²) in [6, 6.07) is 28.7. The van der Waals surface area contributed by atoms with E-state index in [0.29, 0.717) is 19.7 Å². The van der Waals surface area contributed by atoms with Gasteiger partial charge in [-0.1, -0.05) is 79.7 Å². The summed E-state index contributed by atoms with van der Waals surface area (Å²) in [6.45, 7) is 3.88. The van der Waals surface area contributed by atoms with E-state index in [4.69, 9.17) is 9.72 Å². The number of nitrogens with zero attached hydrogens (tertiary/aromatic N) is 2. The van der Waals surface area contributed by atoms with Gasteiger partial charge in [0, 0.05) is 24.4 Å². The number of rotatable bonds is 5. The molecule has 5 heteroatoms. The van der Waals surface area contributed by atoms with Gasteiger partial charge in [-0.3, -0.25) is 0 Å². The quantitative estimate of drug-likeness (QED) is 0.413. The van der Waals surface area contributed by atoms with Crippen molar-refractivity contribution in [3.63, 3.8) is 0 Å². The summed E-state index contributed by atoms with van der Waals surface area (Å²) in [6.07, 6.45) is 1.47. The maximum Gasteiger partial charge on any atom is 0.410 e. The molecule has 3 aromatic carbocycles. The number of H-pyrrole nitrogens is 1. The Bertz CT molecular complexity index is 1180. The lowest BCUT2D eigenvalue weighted by atomic mass is 9.64. The molecule has 1 aliphatic heterocycles. The standard InChI is InChI=1S/C28H29N3O2/c1-21(26-29-24-14-8-9-15-25(24)30-26)28(23-12-6-3-7-13-23)16-18-31(19-17-28)27(32)33-20-22-10-4-2-5-11-22/h2-15,21H,16-20H2,1H3,(H,29,30). The van der Waals surface area contributed by atoms with Gasteiger partial charge in [0.1, 0.15) is 12.4 Å². The third kappa shape index (κ3) is 4.23. The van der Waals surface area contributed by atoms with Crippen molar-refractivity contribution in [1.82, 2.24) is 14.9 Å². The van der Waals surface area contributed by atoms with E-state index in [1.165, 1.54) is 5.56 Å². The number of hydrogen-bond acceptors (Lipinski definition) is 3. The number of carbonyl (C=O) groups excluding carboxylic acids is 1. The molecule has 5 rings (SSSR count). The van der Waals surface area contributed by atoms with Gasteiger partial charge >= 0.3 is 6.09 Å². The van der Waals surface area contributed by atoms with Crippen molar-refractivity contribution in [3.05, 3.63) is 102 Å². The van der Waals surface area contributed by atoms with Gasteiger partial charge in [-0.2, -0.15) is 0 Å². The predicted molar refractivity (Wildman–Crippen MR) is 130 cm³/mol. The number of likely N-dealkylation sites (tertiary alicyclic amines) is 1. The molecule has 2 heterocycles. The number of carbonyl (C=O) groups is 1. The third-order valence-corrected chi connectivity index (χ3v) is 7.11. The largest absolute Gasteiger partial charge is 0.445 e. The zero-order valence-electron chi connectivity index (χ0n) is 18.9. The smallest absolute Gasteiger partial charge is 0.410 e. The molecular weight excluding hydrogens is 410 g/mol. The molecule has 1 aliphatic rings. The number of aromatic amines is 1. The fourth-order valence-electron chi connectivity index (χ4n) is 5.08. The summed E-state index contributed by atoms with van der Waals surface area (Å²) in [5.41, 5.74) is 4.25. The molecule has 0 spiro atoms. The van der Waals surface area contributed by atoms with Crippen LogP contribution in [0.25, 0.3) is 11.0 Å². The summed E-state index contributed by atoms with van der Waals surface area (Å²) in [5, 5.41) is 0. The minimum Gasteiger partial charge on any atom is -0.445 e. The number of ether oxygens (including phenoxy) is 1. The highest BCUT2D eigenvalue weighted by atomic mass is 16.6. The summed E-state index contributed by atoms with van der Waals surface area (Å²) < 4.78 is 5.59. The van der Waals surface area contributed by atoms with E-state index in [0.717, 1.165) is 35.3 Å². The van der Waals surface area contributed by atoms with Gasteiger partial charge in [0.25, 0.3) is 0 Å². The van der Waals surface area contributed by atoms with Crippen LogP contribution in [0.3, 0.4) is 0 Å². The van der Waals surface area contributed by atoms with Crippen molar-refractivity contribution in [3.8, 4) is 0 Å². The van der Waals surface area contributed by atoms with Gasteiger partial charge in [-0.25, -0.2) is 9.78 Å². The molecule has 1 amide bonds. The second-order valence-corrected chi connectivity index (χ2v) is 8.91. The second kappa shape index (κ2) is 9.10. The molecule has 1 atom stereocenters. The molecule has 1 unspecified atom stereocenters. The molecule has 0 radical (unpaired) electrons.